The fourth-order valence-corrected chi connectivity index (χ4v) is 2.94. The van der Waals surface area contributed by atoms with Crippen molar-refractivity contribution in [3.05, 3.63) is 0 Å². The highest BCUT2D eigenvalue weighted by Gasteiger charge is 2.52. The molecule has 0 unspecified atom stereocenters. The molecule has 1 saturated heterocycles. The van der Waals surface area contributed by atoms with E-state index >= 15 is 0 Å². The first-order chi connectivity index (χ1) is 7.77. The molecule has 0 bridgehead atoms. The molecule has 0 atom stereocenters. The summed E-state index contributed by atoms with van der Waals surface area (Å²) in [4.78, 5) is 26.5. The molecular formula is C13H22N2O2. The second-order valence-corrected chi connectivity index (χ2v) is 6.25. The number of rotatable bonds is 1. The van der Waals surface area contributed by atoms with Gasteiger partial charge in [-0.15, -0.1) is 0 Å². The van der Waals surface area contributed by atoms with Crippen molar-refractivity contribution in [1.29, 1.82) is 0 Å². The molecule has 1 N–H and O–H groups in total. The van der Waals surface area contributed by atoms with E-state index in [0.717, 1.165) is 25.7 Å². The van der Waals surface area contributed by atoms with Crippen LogP contribution in [0.5, 0.6) is 0 Å². The van der Waals surface area contributed by atoms with Crippen molar-refractivity contribution in [3.63, 3.8) is 0 Å². The highest BCUT2D eigenvalue weighted by Crippen LogP contribution is 2.34. The molecule has 1 saturated carbocycles. The number of hydrogen-bond acceptors (Lipinski definition) is 2. The van der Waals surface area contributed by atoms with Crippen LogP contribution in [0, 0.1) is 0 Å². The summed E-state index contributed by atoms with van der Waals surface area (Å²) in [7, 11) is 0. The lowest BCUT2D eigenvalue weighted by Crippen LogP contribution is -2.73. The molecule has 0 aromatic heterocycles. The van der Waals surface area contributed by atoms with Gasteiger partial charge in [0.2, 0.25) is 11.8 Å². The zero-order chi connectivity index (χ0) is 12.8. The molecule has 2 fully saturated rings. The van der Waals surface area contributed by atoms with E-state index in [1.165, 1.54) is 0 Å². The maximum absolute atomic E-state index is 12.5. The fraction of sp³-hybridized carbons (Fsp3) is 0.846. The van der Waals surface area contributed by atoms with Crippen molar-refractivity contribution >= 4 is 11.8 Å². The predicted octanol–water partition coefficient (Wildman–Crippen LogP) is 1.44. The predicted molar refractivity (Wildman–Crippen MR) is 65.4 cm³/mol. The largest absolute Gasteiger partial charge is 0.340 e. The van der Waals surface area contributed by atoms with Gasteiger partial charge in [-0.25, -0.2) is 0 Å². The van der Waals surface area contributed by atoms with Gasteiger partial charge >= 0.3 is 0 Å². The monoisotopic (exact) mass is 238 g/mol. The molecule has 2 rings (SSSR count). The van der Waals surface area contributed by atoms with Gasteiger partial charge in [-0.1, -0.05) is 12.8 Å². The van der Waals surface area contributed by atoms with Gasteiger partial charge < -0.3 is 10.2 Å². The van der Waals surface area contributed by atoms with Crippen LogP contribution in [0.3, 0.4) is 0 Å². The van der Waals surface area contributed by atoms with Gasteiger partial charge in [-0.3, -0.25) is 9.59 Å². The van der Waals surface area contributed by atoms with Crippen LogP contribution in [0.4, 0.5) is 0 Å². The minimum absolute atomic E-state index is 0.0472. The van der Waals surface area contributed by atoms with Crippen LogP contribution in [0.2, 0.25) is 0 Å². The summed E-state index contributed by atoms with van der Waals surface area (Å²) in [6.45, 7) is 7.25. The first-order valence-corrected chi connectivity index (χ1v) is 6.43. The molecule has 1 aliphatic heterocycles. The van der Waals surface area contributed by atoms with Gasteiger partial charge in [0, 0.05) is 6.04 Å². The highest BCUT2D eigenvalue weighted by atomic mass is 16.2. The van der Waals surface area contributed by atoms with Crippen LogP contribution in [0.25, 0.3) is 0 Å². The second-order valence-electron chi connectivity index (χ2n) is 6.25. The van der Waals surface area contributed by atoms with Crippen molar-refractivity contribution < 1.29 is 9.59 Å². The Morgan fingerprint density at radius 1 is 1.12 bits per heavy atom. The third-order valence-corrected chi connectivity index (χ3v) is 4.03. The van der Waals surface area contributed by atoms with Crippen molar-refractivity contribution in [2.24, 2.45) is 0 Å². The zero-order valence-electron chi connectivity index (χ0n) is 11.2. The Morgan fingerprint density at radius 3 is 2.18 bits per heavy atom. The van der Waals surface area contributed by atoms with Crippen LogP contribution in [-0.2, 0) is 9.59 Å². The summed E-state index contributed by atoms with van der Waals surface area (Å²) in [5.41, 5.74) is -1.49. The van der Waals surface area contributed by atoms with Crippen molar-refractivity contribution in [2.75, 3.05) is 0 Å². The maximum atomic E-state index is 12.5. The van der Waals surface area contributed by atoms with Gasteiger partial charge in [0.25, 0.3) is 0 Å². The Labute approximate surface area is 103 Å². The molecule has 0 aromatic carbocycles. The summed E-state index contributed by atoms with van der Waals surface area (Å²) in [6, 6.07) is 0.239. The van der Waals surface area contributed by atoms with Crippen molar-refractivity contribution in [2.45, 2.75) is 70.5 Å². The Bertz CT molecular complexity index is 354. The standard InChI is InChI=1S/C13H22N2O2/c1-12(2)11(17)15(9-7-5-6-8-9)13(3,4)10(16)14-12/h9H,5-8H2,1-4H3,(H,14,16). The Morgan fingerprint density at radius 2 is 1.65 bits per heavy atom. The molecule has 0 aromatic rings. The van der Waals surface area contributed by atoms with Crippen molar-refractivity contribution in [3.8, 4) is 0 Å². The molecule has 17 heavy (non-hydrogen) atoms. The van der Waals surface area contributed by atoms with Gasteiger partial charge in [0.05, 0.1) is 0 Å². The van der Waals surface area contributed by atoms with E-state index in [1.54, 1.807) is 13.8 Å². The van der Waals surface area contributed by atoms with Crippen molar-refractivity contribution in [1.82, 2.24) is 10.2 Å². The minimum atomic E-state index is -0.769. The number of amides is 2. The molecule has 2 amide bonds. The van der Waals surface area contributed by atoms with Crippen LogP contribution in [0.1, 0.15) is 53.4 Å². The molecule has 96 valence electrons. The van der Waals surface area contributed by atoms with E-state index in [-0.39, 0.29) is 17.9 Å². The number of carbonyl (C=O) groups is 2. The number of carbonyl (C=O) groups excluding carboxylic acids is 2. The molecule has 4 heteroatoms. The molecule has 0 spiro atoms. The van der Waals surface area contributed by atoms with Crippen LogP contribution < -0.4 is 5.32 Å². The number of hydrogen-bond donors (Lipinski definition) is 1. The lowest BCUT2D eigenvalue weighted by atomic mass is 9.87. The smallest absolute Gasteiger partial charge is 0.248 e. The normalized spacial score (nSPS) is 28.4. The molecule has 0 radical (unpaired) electrons. The van der Waals surface area contributed by atoms with E-state index in [2.05, 4.69) is 5.32 Å². The average Bonchev–Trinajstić information content (AvgIpc) is 2.68. The van der Waals surface area contributed by atoms with E-state index < -0.39 is 11.1 Å². The SMILES string of the molecule is CC1(C)NC(=O)C(C)(C)N(C2CCCC2)C1=O. The number of piperazine rings is 1. The fourth-order valence-electron chi connectivity index (χ4n) is 2.94. The second kappa shape index (κ2) is 3.72. The molecule has 1 aliphatic carbocycles. The summed E-state index contributed by atoms with van der Waals surface area (Å²) in [6.07, 6.45) is 4.37. The lowest BCUT2D eigenvalue weighted by molar-refractivity contribution is -0.162. The first kappa shape index (κ1) is 12.4. The van der Waals surface area contributed by atoms with E-state index in [1.807, 2.05) is 18.7 Å². The summed E-state index contributed by atoms with van der Waals surface area (Å²) >= 11 is 0. The number of nitrogens with zero attached hydrogens (tertiary/aromatic N) is 1. The average molecular weight is 238 g/mol. The molecular weight excluding hydrogens is 216 g/mol. The van der Waals surface area contributed by atoms with E-state index in [9.17, 15) is 9.59 Å². The van der Waals surface area contributed by atoms with Gasteiger partial charge in [0.15, 0.2) is 0 Å². The van der Waals surface area contributed by atoms with Crippen LogP contribution in [-0.4, -0.2) is 33.8 Å². The van der Waals surface area contributed by atoms with Crippen LogP contribution >= 0.6 is 0 Å². The third-order valence-electron chi connectivity index (χ3n) is 4.03. The summed E-state index contributed by atoms with van der Waals surface area (Å²) in [5, 5.41) is 2.82. The third kappa shape index (κ3) is 1.83. The van der Waals surface area contributed by atoms with Gasteiger partial charge in [0.1, 0.15) is 11.1 Å². The first-order valence-electron chi connectivity index (χ1n) is 6.43. The number of nitrogens with one attached hydrogen (secondary N) is 1. The van der Waals surface area contributed by atoms with Gasteiger partial charge in [-0.05, 0) is 40.5 Å². The lowest BCUT2D eigenvalue weighted by Gasteiger charge is -2.50. The van der Waals surface area contributed by atoms with Gasteiger partial charge in [-0.2, -0.15) is 0 Å². The van der Waals surface area contributed by atoms with E-state index in [0.29, 0.717) is 0 Å². The quantitative estimate of drug-likeness (QED) is 0.751. The molecule has 1 heterocycles. The summed E-state index contributed by atoms with van der Waals surface area (Å²) in [5.74, 6) is 0.00278. The molecule has 4 nitrogen and oxygen atoms in total. The Hall–Kier alpha value is -1.06. The van der Waals surface area contributed by atoms with Crippen LogP contribution in [0.15, 0.2) is 0 Å². The highest BCUT2D eigenvalue weighted by molar-refractivity contribution is 6.01. The zero-order valence-corrected chi connectivity index (χ0v) is 11.2. The minimum Gasteiger partial charge on any atom is -0.340 e. The molecule has 2 aliphatic rings. The topological polar surface area (TPSA) is 49.4 Å². The Kier molecular flexibility index (Phi) is 2.71. The summed E-state index contributed by atoms with van der Waals surface area (Å²) < 4.78 is 0. The Balaban J connectivity index is 2.36. The van der Waals surface area contributed by atoms with E-state index in [4.69, 9.17) is 0 Å². The maximum Gasteiger partial charge on any atom is 0.248 e.